The number of ether oxygens (including phenoxy) is 4. The number of nitrogens with zero attached hydrogens (tertiary/aromatic N) is 16. The molecule has 2 saturated carbocycles. The predicted molar refractivity (Wildman–Crippen MR) is 428 cm³/mol. The minimum atomic E-state index is -3.20. The van der Waals surface area contributed by atoms with Crippen molar-refractivity contribution in [3.05, 3.63) is 240 Å². The van der Waals surface area contributed by atoms with Crippen LogP contribution in [-0.2, 0) is 6.42 Å². The van der Waals surface area contributed by atoms with Gasteiger partial charge < -0.3 is 63.1 Å². The molecule has 0 radical (unpaired) electrons. The zero-order chi connectivity index (χ0) is 88.2. The van der Waals surface area contributed by atoms with E-state index in [1.165, 1.54) is 114 Å². The fourth-order valence-electron chi connectivity index (χ4n) is 12.8. The van der Waals surface area contributed by atoms with Crippen LogP contribution in [0, 0.1) is 34.9 Å². The van der Waals surface area contributed by atoms with Gasteiger partial charge in [0.15, 0.2) is 34.8 Å². The number of aromatic nitrogens is 16. The van der Waals surface area contributed by atoms with Crippen molar-refractivity contribution < 1.29 is 89.2 Å². The lowest BCUT2D eigenvalue weighted by atomic mass is 10.3. The van der Waals surface area contributed by atoms with Crippen molar-refractivity contribution in [3.8, 4) is 46.8 Å². The maximum absolute atomic E-state index is 14.7. The molecule has 8 aromatic heterocycles. The van der Waals surface area contributed by atoms with E-state index >= 15 is 0 Å². The maximum atomic E-state index is 14.7. The Kier molecular flexibility index (Phi) is 24.3. The van der Waals surface area contributed by atoms with Crippen molar-refractivity contribution in [3.63, 3.8) is 0 Å². The smallest absolute Gasteiger partial charge is 0.387 e. The monoisotopic (exact) mass is 1740 g/mol. The Hall–Kier alpha value is -15.6. The molecule has 0 atom stereocenters. The first-order chi connectivity index (χ1) is 60.0. The van der Waals surface area contributed by atoms with Gasteiger partial charge >= 0.3 is 26.4 Å². The quantitative estimate of drug-likeness (QED) is 0.0260. The van der Waals surface area contributed by atoms with E-state index in [-0.39, 0.29) is 110 Å². The van der Waals surface area contributed by atoms with Crippen molar-refractivity contribution in [1.29, 1.82) is 0 Å². The number of halogens is 16. The summed E-state index contributed by atoms with van der Waals surface area (Å²) in [6, 6.07) is 41.3. The summed E-state index contributed by atoms with van der Waals surface area (Å²) in [6.45, 7) is -10.0. The summed E-state index contributed by atoms with van der Waals surface area (Å²) in [5.41, 5.74) is 28.2. The summed E-state index contributed by atoms with van der Waals surface area (Å²) in [7, 11) is 0. The standard InChI is InChI=1S/C21H15F5N6O.C21H17F3N6O.C20H17F3N6O.C19H13F5N6O/c22-11-2-1-3-13-16(11)29-19(9-4-5-9)32(13)21-30-17(27)15(24)18(31-21)28-10-6-7-14(12(23)8-10)33-20(25)26;22-12-3-8-15-16(9-12)30(19(27-15)11-1-2-11)21-28-17(25)10-18(29-21)26-13-4-6-14(7-5-13)31-20(23)24;1-2-18-26-14-8-3-11(21)9-15(14)29(18)20-27-16(24)10-17(28-20)25-12-4-6-13(7-5-12)30-19(22)23;20-9-1-6-12-13(7-9)30(17(27-12)16(21)22)19-28-14(25)8-15(29-19)26-10-2-4-11(5-3-10)31-18(23)24/h1-3,6-9,20H,4-5H2,(H3,27,28,30,31);3-11,20H,1-2H2,(H3,25,26,28,29);3-10,19H,2H2,1H3,(H3,24,25,27,28);1-8,16,18H,(H3,25,26,28,29). The van der Waals surface area contributed by atoms with Crippen LogP contribution in [0.5, 0.6) is 23.0 Å². The number of nitrogens with two attached hydrogens (primary N) is 4. The minimum absolute atomic E-state index is 0.000941. The fraction of sp³-hybridized carbons (Fsp3) is 0.160. The Morgan fingerprint density at radius 2 is 0.776 bits per heavy atom. The Labute approximate surface area is 693 Å². The highest BCUT2D eigenvalue weighted by atomic mass is 19.3. The van der Waals surface area contributed by atoms with Crippen molar-refractivity contribution in [2.24, 2.45) is 0 Å². The predicted octanol–water partition coefficient (Wildman–Crippen LogP) is 19.1. The van der Waals surface area contributed by atoms with E-state index in [2.05, 4.69) is 100 Å². The van der Waals surface area contributed by atoms with Crippen LogP contribution in [0.4, 0.5) is 140 Å². The molecule has 16 aromatic rings. The van der Waals surface area contributed by atoms with Gasteiger partial charge in [-0.05, 0) is 159 Å². The maximum Gasteiger partial charge on any atom is 0.387 e. The average molecular weight is 1740 g/mol. The van der Waals surface area contributed by atoms with E-state index in [1.54, 1.807) is 57.7 Å². The third-order valence-electron chi connectivity index (χ3n) is 18.4. The summed E-state index contributed by atoms with van der Waals surface area (Å²) in [4.78, 5) is 51.3. The van der Waals surface area contributed by atoms with Crippen LogP contribution in [0.25, 0.3) is 67.9 Å². The molecular formula is C81H62F16N24O4. The molecule has 8 heterocycles. The van der Waals surface area contributed by atoms with Crippen LogP contribution in [0.3, 0.4) is 0 Å². The van der Waals surface area contributed by atoms with Crippen molar-refractivity contribution in [2.75, 3.05) is 44.2 Å². The summed E-state index contributed by atoms with van der Waals surface area (Å²) < 4.78 is 233. The molecule has 2 fully saturated rings. The SMILES string of the molecule is CCc1nc2ccc(F)cc2n1-c1nc(N)cc(Nc2ccc(OC(F)F)cc2)n1.Nc1cc(Nc2ccc(OC(F)F)cc2)nc(-n2c(C(F)F)nc3ccc(F)cc32)n1.Nc1cc(Nc2ccc(OC(F)F)cc2)nc(-n2c(C3CC3)nc3ccc(F)cc32)n1.Nc1nc(-n2c(C3CC3)nc3c(F)cccc32)nc(Nc2ccc(OC(F)F)c(F)c2)c1F. The van der Waals surface area contributed by atoms with Crippen LogP contribution in [0.2, 0.25) is 0 Å². The molecule has 12 N–H and O–H groups in total. The Balaban J connectivity index is 0.000000129. The first kappa shape index (κ1) is 84.5. The molecule has 8 aromatic carbocycles. The molecule has 0 spiro atoms. The third-order valence-corrected chi connectivity index (χ3v) is 18.4. The van der Waals surface area contributed by atoms with Gasteiger partial charge in [0.2, 0.25) is 29.6 Å². The lowest BCUT2D eigenvalue weighted by molar-refractivity contribution is -0.0524. The van der Waals surface area contributed by atoms with Gasteiger partial charge in [-0.1, -0.05) is 13.0 Å². The molecule has 18 rings (SSSR count). The molecule has 0 saturated heterocycles. The largest absolute Gasteiger partial charge is 0.435 e. The fourth-order valence-corrected chi connectivity index (χ4v) is 12.8. The lowest BCUT2D eigenvalue weighted by Gasteiger charge is -2.13. The second-order valence-electron chi connectivity index (χ2n) is 27.2. The van der Waals surface area contributed by atoms with E-state index < -0.39 is 79.3 Å². The van der Waals surface area contributed by atoms with Gasteiger partial charge in [-0.25, -0.2) is 50.7 Å². The molecule has 0 amide bonds. The van der Waals surface area contributed by atoms with Gasteiger partial charge in [0.1, 0.15) is 92.6 Å². The molecule has 642 valence electrons. The van der Waals surface area contributed by atoms with Crippen LogP contribution >= 0.6 is 0 Å². The number of hydrogen-bond donors (Lipinski definition) is 8. The topological polar surface area (TPSA) is 364 Å². The molecule has 0 bridgehead atoms. The van der Waals surface area contributed by atoms with Gasteiger partial charge in [-0.15, -0.1) is 0 Å². The van der Waals surface area contributed by atoms with Gasteiger partial charge in [0.25, 0.3) is 6.43 Å². The summed E-state index contributed by atoms with van der Waals surface area (Å²) >= 11 is 0. The number of benzene rings is 8. The summed E-state index contributed by atoms with van der Waals surface area (Å²) in [6.07, 6.45) is 1.26. The van der Waals surface area contributed by atoms with E-state index in [9.17, 15) is 70.2 Å². The minimum Gasteiger partial charge on any atom is -0.435 e. The zero-order valence-corrected chi connectivity index (χ0v) is 64.0. The van der Waals surface area contributed by atoms with Crippen molar-refractivity contribution >= 4 is 113 Å². The Morgan fingerprint density at radius 1 is 0.368 bits per heavy atom. The second kappa shape index (κ2) is 36.0. The van der Waals surface area contributed by atoms with Crippen molar-refractivity contribution in [2.45, 2.75) is 83.7 Å². The van der Waals surface area contributed by atoms with E-state index in [4.69, 9.17) is 22.9 Å². The number of imidazole rings is 4. The highest BCUT2D eigenvalue weighted by Crippen LogP contribution is 2.44. The number of hydrogen-bond acceptors (Lipinski definition) is 24. The second-order valence-corrected chi connectivity index (χ2v) is 27.2. The molecular weight excluding hydrogens is 1680 g/mol. The Bertz CT molecular complexity index is 6440. The third kappa shape index (κ3) is 19.9. The number of alkyl halides is 10. The number of nitrogens with one attached hydrogen (secondary N) is 4. The number of nitrogen functional groups attached to an aromatic ring is 4. The average Bonchev–Trinajstić information content (AvgIpc) is 1.60. The molecule has 2 aliphatic rings. The van der Waals surface area contributed by atoms with Crippen LogP contribution in [-0.4, -0.2) is 105 Å². The van der Waals surface area contributed by atoms with E-state index in [0.29, 0.717) is 74.4 Å². The highest BCUT2D eigenvalue weighted by molar-refractivity contribution is 5.82. The number of aryl methyl sites for hydroxylation is 1. The number of fused-ring (bicyclic) bond motifs is 4. The first-order valence-electron chi connectivity index (χ1n) is 37.2. The first-order valence-corrected chi connectivity index (χ1v) is 37.2. The molecule has 0 unspecified atom stereocenters. The van der Waals surface area contributed by atoms with Crippen LogP contribution < -0.4 is 63.1 Å². The van der Waals surface area contributed by atoms with E-state index in [0.717, 1.165) is 60.3 Å². The molecule has 44 heteroatoms. The zero-order valence-electron chi connectivity index (χ0n) is 64.0. The molecule has 28 nitrogen and oxygen atoms in total. The highest BCUT2D eigenvalue weighted by Gasteiger charge is 2.34. The normalized spacial score (nSPS) is 12.5. The van der Waals surface area contributed by atoms with Crippen LogP contribution in [0.1, 0.15) is 74.2 Å². The molecule has 2 aliphatic carbocycles. The van der Waals surface area contributed by atoms with Gasteiger partial charge in [0, 0.05) is 83.5 Å². The summed E-state index contributed by atoms with van der Waals surface area (Å²) in [5, 5.41) is 11.5. The summed E-state index contributed by atoms with van der Waals surface area (Å²) in [5.74, 6) is -2.51. The molecule has 0 aliphatic heterocycles. The van der Waals surface area contributed by atoms with Gasteiger partial charge in [-0.2, -0.15) is 79.4 Å². The van der Waals surface area contributed by atoms with Crippen LogP contribution in [0.15, 0.2) is 182 Å². The lowest BCUT2D eigenvalue weighted by Crippen LogP contribution is -2.11. The van der Waals surface area contributed by atoms with E-state index in [1.807, 2.05) is 6.92 Å². The molecule has 125 heavy (non-hydrogen) atoms. The number of anilines is 12. The van der Waals surface area contributed by atoms with Gasteiger partial charge in [0.05, 0.1) is 38.6 Å². The van der Waals surface area contributed by atoms with Crippen molar-refractivity contribution in [1.82, 2.24) is 78.1 Å². The Morgan fingerprint density at radius 3 is 1.22 bits per heavy atom. The van der Waals surface area contributed by atoms with Gasteiger partial charge in [-0.3, -0.25) is 18.3 Å². The number of para-hydroxylation sites is 1. The number of rotatable bonds is 24.